The average Bonchev–Trinajstić information content (AvgIpc) is 3.38. The Bertz CT molecular complexity index is 1460. The number of hydrogen-bond acceptors (Lipinski definition) is 3. The van der Waals surface area contributed by atoms with Gasteiger partial charge in [0, 0.05) is 23.4 Å². The Morgan fingerprint density at radius 3 is 2.44 bits per heavy atom. The fourth-order valence-electron chi connectivity index (χ4n) is 5.17. The second-order valence-electron chi connectivity index (χ2n) is 9.49. The summed E-state index contributed by atoms with van der Waals surface area (Å²) >= 11 is 0. The Hall–Kier alpha value is -4.07. The molecule has 1 saturated carbocycles. The SMILES string of the molecule is O=C(N[C@H]1CC(=O)N(c2ccc3c(cnn3-c3ccc(F)cc3)c2)C1c1cccc(F)c1)C1CCC1. The third-order valence-electron chi connectivity index (χ3n) is 7.22. The van der Waals surface area contributed by atoms with Crippen LogP contribution in [-0.2, 0) is 9.59 Å². The predicted molar refractivity (Wildman–Crippen MR) is 132 cm³/mol. The van der Waals surface area contributed by atoms with E-state index in [1.165, 1.54) is 24.3 Å². The first-order valence-electron chi connectivity index (χ1n) is 12.1. The molecule has 2 amide bonds. The van der Waals surface area contributed by atoms with E-state index in [0.717, 1.165) is 30.2 Å². The van der Waals surface area contributed by atoms with Crippen molar-refractivity contribution in [2.24, 2.45) is 5.92 Å². The lowest BCUT2D eigenvalue weighted by Crippen LogP contribution is -2.44. The molecule has 0 bridgehead atoms. The zero-order valence-corrected chi connectivity index (χ0v) is 19.4. The molecule has 1 unspecified atom stereocenters. The van der Waals surface area contributed by atoms with E-state index in [-0.39, 0.29) is 30.0 Å². The first-order chi connectivity index (χ1) is 17.5. The molecule has 6 nitrogen and oxygen atoms in total. The van der Waals surface area contributed by atoms with Crippen LogP contribution >= 0.6 is 0 Å². The maximum Gasteiger partial charge on any atom is 0.229 e. The summed E-state index contributed by atoms with van der Waals surface area (Å²) in [4.78, 5) is 27.7. The van der Waals surface area contributed by atoms with E-state index in [2.05, 4.69) is 10.4 Å². The highest BCUT2D eigenvalue weighted by molar-refractivity contribution is 6.00. The van der Waals surface area contributed by atoms with E-state index >= 15 is 0 Å². The summed E-state index contributed by atoms with van der Waals surface area (Å²) in [5.74, 6) is -0.929. The minimum atomic E-state index is -0.540. The molecule has 2 aliphatic rings. The van der Waals surface area contributed by atoms with Gasteiger partial charge >= 0.3 is 0 Å². The number of nitrogens with zero attached hydrogens (tertiary/aromatic N) is 3. The highest BCUT2D eigenvalue weighted by Gasteiger charge is 2.43. The van der Waals surface area contributed by atoms with Crippen molar-refractivity contribution < 1.29 is 18.4 Å². The number of carbonyl (C=O) groups is 2. The second kappa shape index (κ2) is 8.86. The number of hydrogen-bond donors (Lipinski definition) is 1. The number of fused-ring (bicyclic) bond motifs is 1. The van der Waals surface area contributed by atoms with Crippen molar-refractivity contribution in [3.05, 3.63) is 90.1 Å². The standard InChI is InChI=1S/C28H24F2N4O2/c29-20-7-9-22(10-8-20)34-25-12-11-23(14-19(25)16-31-34)33-26(35)15-24(32-28(36)17-3-1-4-17)27(33)18-5-2-6-21(30)13-18/h2,5-14,16-17,24,27H,1,3-4,15H2,(H,32,36)/t24-,27?/m0/s1. The molecule has 3 aromatic carbocycles. The summed E-state index contributed by atoms with van der Waals surface area (Å²) in [5.41, 5.74) is 2.78. The highest BCUT2D eigenvalue weighted by atomic mass is 19.1. The van der Waals surface area contributed by atoms with Crippen molar-refractivity contribution in [1.29, 1.82) is 0 Å². The number of anilines is 1. The molecule has 4 aromatic rings. The molecule has 182 valence electrons. The fraction of sp³-hybridized carbons (Fsp3) is 0.250. The van der Waals surface area contributed by atoms with Gasteiger partial charge in [-0.05, 0) is 73.0 Å². The Kier molecular flexibility index (Phi) is 5.51. The monoisotopic (exact) mass is 486 g/mol. The van der Waals surface area contributed by atoms with Crippen LogP contribution in [0.25, 0.3) is 16.6 Å². The molecular weight excluding hydrogens is 462 g/mol. The largest absolute Gasteiger partial charge is 0.350 e. The molecule has 2 heterocycles. The zero-order chi connectivity index (χ0) is 24.8. The molecule has 0 spiro atoms. The molecule has 8 heteroatoms. The normalized spacial score (nSPS) is 20.1. The summed E-state index contributed by atoms with van der Waals surface area (Å²) in [6.07, 6.45) is 4.57. The van der Waals surface area contributed by atoms with Gasteiger partial charge in [0.05, 0.1) is 29.5 Å². The van der Waals surface area contributed by atoms with E-state index in [1.807, 2.05) is 18.2 Å². The molecule has 2 fully saturated rings. The first kappa shape index (κ1) is 22.4. The molecule has 2 atom stereocenters. The van der Waals surface area contributed by atoms with E-state index in [4.69, 9.17) is 0 Å². The molecule has 1 aliphatic heterocycles. The van der Waals surface area contributed by atoms with Crippen LogP contribution in [0.1, 0.15) is 37.3 Å². The number of benzene rings is 3. The van der Waals surface area contributed by atoms with Gasteiger partial charge in [-0.25, -0.2) is 13.5 Å². The van der Waals surface area contributed by atoms with E-state index in [9.17, 15) is 18.4 Å². The number of rotatable bonds is 5. The molecule has 1 N–H and O–H groups in total. The lowest BCUT2D eigenvalue weighted by molar-refractivity contribution is -0.128. The molecule has 1 saturated heterocycles. The number of nitrogens with one attached hydrogen (secondary N) is 1. The quantitative estimate of drug-likeness (QED) is 0.429. The van der Waals surface area contributed by atoms with Crippen LogP contribution in [0, 0.1) is 17.6 Å². The fourth-order valence-corrected chi connectivity index (χ4v) is 5.17. The molecular formula is C28H24F2N4O2. The summed E-state index contributed by atoms with van der Waals surface area (Å²) in [7, 11) is 0. The van der Waals surface area contributed by atoms with Crippen LogP contribution in [0.5, 0.6) is 0 Å². The van der Waals surface area contributed by atoms with Crippen molar-refractivity contribution in [2.75, 3.05) is 4.90 Å². The van der Waals surface area contributed by atoms with E-state index < -0.39 is 17.9 Å². The van der Waals surface area contributed by atoms with Crippen LogP contribution in [0.2, 0.25) is 0 Å². The van der Waals surface area contributed by atoms with Crippen molar-refractivity contribution in [3.63, 3.8) is 0 Å². The molecule has 36 heavy (non-hydrogen) atoms. The van der Waals surface area contributed by atoms with E-state index in [1.54, 1.807) is 40.0 Å². The first-order valence-corrected chi connectivity index (χ1v) is 12.1. The van der Waals surface area contributed by atoms with Gasteiger partial charge in [0.25, 0.3) is 0 Å². The maximum absolute atomic E-state index is 14.2. The number of carbonyl (C=O) groups excluding carboxylic acids is 2. The van der Waals surface area contributed by atoms with Crippen molar-refractivity contribution >= 4 is 28.4 Å². The van der Waals surface area contributed by atoms with Gasteiger partial charge in [-0.1, -0.05) is 18.6 Å². The summed E-state index contributed by atoms with van der Waals surface area (Å²) < 4.78 is 29.3. The molecule has 1 aromatic heterocycles. The van der Waals surface area contributed by atoms with Crippen LogP contribution < -0.4 is 10.2 Å². The van der Waals surface area contributed by atoms with Crippen molar-refractivity contribution in [1.82, 2.24) is 15.1 Å². The second-order valence-corrected chi connectivity index (χ2v) is 9.49. The third kappa shape index (κ3) is 3.92. The summed E-state index contributed by atoms with van der Waals surface area (Å²) in [5, 5.41) is 8.32. The Labute approximate surface area is 206 Å². The lowest BCUT2D eigenvalue weighted by Gasteiger charge is -2.31. The van der Waals surface area contributed by atoms with Crippen LogP contribution in [0.3, 0.4) is 0 Å². The lowest BCUT2D eigenvalue weighted by atomic mass is 9.84. The topological polar surface area (TPSA) is 67.2 Å². The third-order valence-corrected chi connectivity index (χ3v) is 7.22. The minimum Gasteiger partial charge on any atom is -0.350 e. The van der Waals surface area contributed by atoms with Crippen molar-refractivity contribution in [2.45, 2.75) is 37.8 Å². The Balaban J connectivity index is 1.37. The minimum absolute atomic E-state index is 0.0176. The number of amides is 2. The smallest absolute Gasteiger partial charge is 0.229 e. The highest BCUT2D eigenvalue weighted by Crippen LogP contribution is 2.39. The zero-order valence-electron chi connectivity index (χ0n) is 19.4. The maximum atomic E-state index is 14.2. The Morgan fingerprint density at radius 1 is 0.944 bits per heavy atom. The van der Waals surface area contributed by atoms with Gasteiger partial charge in [-0.3, -0.25) is 9.59 Å². The predicted octanol–water partition coefficient (Wildman–Crippen LogP) is 5.07. The molecule has 1 aliphatic carbocycles. The Morgan fingerprint density at radius 2 is 1.72 bits per heavy atom. The van der Waals surface area contributed by atoms with Crippen molar-refractivity contribution in [3.8, 4) is 5.69 Å². The summed E-state index contributed by atoms with van der Waals surface area (Å²) in [6, 6.07) is 16.8. The van der Waals surface area contributed by atoms with Gasteiger partial charge < -0.3 is 10.2 Å². The molecule has 6 rings (SSSR count). The van der Waals surface area contributed by atoms with E-state index in [0.29, 0.717) is 16.9 Å². The molecule has 0 radical (unpaired) electrons. The van der Waals surface area contributed by atoms with Gasteiger partial charge in [0.1, 0.15) is 11.6 Å². The summed E-state index contributed by atoms with van der Waals surface area (Å²) in [6.45, 7) is 0. The van der Waals surface area contributed by atoms with Crippen LogP contribution in [-0.4, -0.2) is 27.6 Å². The number of aromatic nitrogens is 2. The van der Waals surface area contributed by atoms with Gasteiger partial charge in [-0.15, -0.1) is 0 Å². The van der Waals surface area contributed by atoms with Gasteiger partial charge in [0.2, 0.25) is 11.8 Å². The van der Waals surface area contributed by atoms with Crippen LogP contribution in [0.15, 0.2) is 72.9 Å². The average molecular weight is 487 g/mol. The van der Waals surface area contributed by atoms with Gasteiger partial charge in [0.15, 0.2) is 0 Å². The number of halogens is 2. The van der Waals surface area contributed by atoms with Crippen LogP contribution in [0.4, 0.5) is 14.5 Å². The van der Waals surface area contributed by atoms with Gasteiger partial charge in [-0.2, -0.15) is 5.10 Å².